The van der Waals surface area contributed by atoms with Gasteiger partial charge in [-0.25, -0.2) is 9.07 Å². The van der Waals surface area contributed by atoms with E-state index in [4.69, 9.17) is 0 Å². The average Bonchev–Trinajstić information content (AvgIpc) is 3.07. The standard InChI is InChI=1S/C17H23FN4O/c1-12-16(9-20-11-17(23)7-8-19-10-17)13(2)22(21-12)15-5-3-14(18)4-6-15/h3-6,19-20,23H,7-11H2,1-2H3/t17-/m1/s1. The first kappa shape index (κ1) is 16.1. The Bertz CT molecular complexity index is 675. The van der Waals surface area contributed by atoms with Gasteiger partial charge in [-0.1, -0.05) is 0 Å². The molecule has 23 heavy (non-hydrogen) atoms. The second kappa shape index (κ2) is 6.39. The van der Waals surface area contributed by atoms with Crippen LogP contribution in [0.2, 0.25) is 0 Å². The highest BCUT2D eigenvalue weighted by molar-refractivity contribution is 5.37. The number of nitrogens with zero attached hydrogens (tertiary/aromatic N) is 2. The van der Waals surface area contributed by atoms with Gasteiger partial charge in [-0.2, -0.15) is 5.10 Å². The summed E-state index contributed by atoms with van der Waals surface area (Å²) < 4.78 is 14.9. The molecule has 0 aliphatic carbocycles. The predicted octanol–water partition coefficient (Wildman–Crippen LogP) is 1.44. The zero-order chi connectivity index (χ0) is 16.4. The summed E-state index contributed by atoms with van der Waals surface area (Å²) in [5.74, 6) is -0.254. The molecule has 1 saturated heterocycles. The number of rotatable bonds is 5. The van der Waals surface area contributed by atoms with Gasteiger partial charge in [0.1, 0.15) is 5.82 Å². The van der Waals surface area contributed by atoms with E-state index in [2.05, 4.69) is 15.7 Å². The number of hydrogen-bond acceptors (Lipinski definition) is 4. The summed E-state index contributed by atoms with van der Waals surface area (Å²) in [6.45, 7) is 6.68. The van der Waals surface area contributed by atoms with Gasteiger partial charge in [0.05, 0.1) is 17.0 Å². The van der Waals surface area contributed by atoms with E-state index in [0.29, 0.717) is 19.6 Å². The molecule has 3 N–H and O–H groups in total. The first-order chi connectivity index (χ1) is 11.0. The van der Waals surface area contributed by atoms with E-state index in [-0.39, 0.29) is 5.82 Å². The molecule has 1 atom stereocenters. The van der Waals surface area contributed by atoms with Gasteiger partial charge < -0.3 is 15.7 Å². The third kappa shape index (κ3) is 3.44. The summed E-state index contributed by atoms with van der Waals surface area (Å²) in [7, 11) is 0. The summed E-state index contributed by atoms with van der Waals surface area (Å²) in [5, 5.41) is 21.4. The van der Waals surface area contributed by atoms with Crippen molar-refractivity contribution in [3.05, 3.63) is 47.0 Å². The van der Waals surface area contributed by atoms with Gasteiger partial charge in [0.25, 0.3) is 0 Å². The quantitative estimate of drug-likeness (QED) is 0.781. The Hall–Kier alpha value is -1.76. The second-order valence-corrected chi connectivity index (χ2v) is 6.29. The molecule has 0 amide bonds. The van der Waals surface area contributed by atoms with Crippen LogP contribution in [-0.2, 0) is 6.54 Å². The van der Waals surface area contributed by atoms with Crippen LogP contribution >= 0.6 is 0 Å². The van der Waals surface area contributed by atoms with Crippen molar-refractivity contribution in [1.82, 2.24) is 20.4 Å². The van der Waals surface area contributed by atoms with Crippen LogP contribution in [0.15, 0.2) is 24.3 Å². The summed E-state index contributed by atoms with van der Waals surface area (Å²) in [6.07, 6.45) is 0.771. The fourth-order valence-corrected chi connectivity index (χ4v) is 3.07. The number of halogens is 1. The van der Waals surface area contributed by atoms with Crippen LogP contribution in [0.4, 0.5) is 4.39 Å². The molecule has 1 aromatic carbocycles. The molecule has 0 saturated carbocycles. The van der Waals surface area contributed by atoms with Crippen LogP contribution in [0.3, 0.4) is 0 Å². The minimum atomic E-state index is -0.658. The van der Waals surface area contributed by atoms with E-state index in [1.807, 2.05) is 18.5 Å². The van der Waals surface area contributed by atoms with E-state index in [0.717, 1.165) is 35.6 Å². The Kier molecular flexibility index (Phi) is 4.48. The summed E-state index contributed by atoms with van der Waals surface area (Å²) >= 11 is 0. The van der Waals surface area contributed by atoms with Crippen LogP contribution < -0.4 is 10.6 Å². The van der Waals surface area contributed by atoms with Crippen LogP contribution in [0.25, 0.3) is 5.69 Å². The number of aryl methyl sites for hydroxylation is 1. The van der Waals surface area contributed by atoms with E-state index < -0.39 is 5.60 Å². The lowest BCUT2D eigenvalue weighted by Gasteiger charge is -2.21. The number of hydrogen-bond donors (Lipinski definition) is 3. The molecule has 0 bridgehead atoms. The molecule has 6 heteroatoms. The van der Waals surface area contributed by atoms with Gasteiger partial charge in [-0.3, -0.25) is 0 Å². The average molecular weight is 318 g/mol. The van der Waals surface area contributed by atoms with Crippen molar-refractivity contribution in [1.29, 1.82) is 0 Å². The van der Waals surface area contributed by atoms with Crippen molar-refractivity contribution in [3.63, 3.8) is 0 Å². The molecule has 2 heterocycles. The summed E-state index contributed by atoms with van der Waals surface area (Å²) in [5.41, 5.74) is 3.27. The minimum absolute atomic E-state index is 0.254. The van der Waals surface area contributed by atoms with Crippen molar-refractivity contribution in [2.45, 2.75) is 32.4 Å². The Morgan fingerprint density at radius 2 is 2.09 bits per heavy atom. The van der Waals surface area contributed by atoms with Crippen molar-refractivity contribution in [2.75, 3.05) is 19.6 Å². The Morgan fingerprint density at radius 1 is 1.35 bits per heavy atom. The van der Waals surface area contributed by atoms with Crippen LogP contribution in [0, 0.1) is 19.7 Å². The fourth-order valence-electron chi connectivity index (χ4n) is 3.07. The SMILES string of the molecule is Cc1nn(-c2ccc(F)cc2)c(C)c1CNC[C@@]1(O)CCNC1. The third-order valence-electron chi connectivity index (χ3n) is 4.49. The molecule has 1 fully saturated rings. The molecule has 1 aromatic heterocycles. The molecule has 5 nitrogen and oxygen atoms in total. The maximum atomic E-state index is 13.1. The lowest BCUT2D eigenvalue weighted by atomic mass is 10.0. The number of aromatic nitrogens is 2. The van der Waals surface area contributed by atoms with E-state index >= 15 is 0 Å². The predicted molar refractivity (Wildman–Crippen MR) is 87.1 cm³/mol. The highest BCUT2D eigenvalue weighted by Crippen LogP contribution is 2.19. The van der Waals surface area contributed by atoms with Gasteiger partial charge in [-0.15, -0.1) is 0 Å². The number of nitrogens with one attached hydrogen (secondary N) is 2. The maximum Gasteiger partial charge on any atom is 0.123 e. The molecule has 0 radical (unpaired) electrons. The molecule has 3 rings (SSSR count). The normalized spacial score (nSPS) is 21.0. The molecule has 1 aliphatic rings. The van der Waals surface area contributed by atoms with Gasteiger partial charge in [-0.05, 0) is 51.1 Å². The molecule has 124 valence electrons. The first-order valence-corrected chi connectivity index (χ1v) is 7.93. The minimum Gasteiger partial charge on any atom is -0.387 e. The van der Waals surface area contributed by atoms with Crippen LogP contribution in [-0.4, -0.2) is 40.1 Å². The molecule has 2 aromatic rings. The molecule has 1 aliphatic heterocycles. The third-order valence-corrected chi connectivity index (χ3v) is 4.49. The lowest BCUT2D eigenvalue weighted by molar-refractivity contribution is 0.0608. The zero-order valence-corrected chi connectivity index (χ0v) is 13.6. The highest BCUT2D eigenvalue weighted by atomic mass is 19.1. The molecular formula is C17H23FN4O. The van der Waals surface area contributed by atoms with Crippen LogP contribution in [0.1, 0.15) is 23.4 Å². The summed E-state index contributed by atoms with van der Waals surface area (Å²) in [6, 6.07) is 6.32. The summed E-state index contributed by atoms with van der Waals surface area (Å²) in [4.78, 5) is 0. The number of β-amino-alcohol motifs (C(OH)–C–C–N with tert-alkyl or cyclic N) is 1. The smallest absolute Gasteiger partial charge is 0.123 e. The van der Waals surface area contributed by atoms with Crippen molar-refractivity contribution < 1.29 is 9.50 Å². The van der Waals surface area contributed by atoms with Crippen molar-refractivity contribution >= 4 is 0 Å². The second-order valence-electron chi connectivity index (χ2n) is 6.29. The van der Waals surface area contributed by atoms with E-state index in [1.54, 1.807) is 12.1 Å². The van der Waals surface area contributed by atoms with Gasteiger partial charge in [0.2, 0.25) is 0 Å². The Morgan fingerprint density at radius 3 is 2.74 bits per heavy atom. The van der Waals surface area contributed by atoms with Gasteiger partial charge in [0, 0.05) is 30.9 Å². The van der Waals surface area contributed by atoms with Crippen molar-refractivity contribution in [3.8, 4) is 5.69 Å². The molecular weight excluding hydrogens is 295 g/mol. The topological polar surface area (TPSA) is 62.1 Å². The first-order valence-electron chi connectivity index (χ1n) is 7.93. The van der Waals surface area contributed by atoms with E-state index in [1.165, 1.54) is 12.1 Å². The monoisotopic (exact) mass is 318 g/mol. The number of aliphatic hydroxyl groups is 1. The van der Waals surface area contributed by atoms with Crippen molar-refractivity contribution in [2.24, 2.45) is 0 Å². The molecule has 0 spiro atoms. The molecule has 0 unspecified atom stereocenters. The fraction of sp³-hybridized carbons (Fsp3) is 0.471. The lowest BCUT2D eigenvalue weighted by Crippen LogP contribution is -2.42. The van der Waals surface area contributed by atoms with E-state index in [9.17, 15) is 9.50 Å². The Labute approximate surface area is 135 Å². The highest BCUT2D eigenvalue weighted by Gasteiger charge is 2.30. The number of benzene rings is 1. The largest absolute Gasteiger partial charge is 0.387 e. The Balaban J connectivity index is 1.72. The maximum absolute atomic E-state index is 13.1. The van der Waals surface area contributed by atoms with Gasteiger partial charge >= 0.3 is 0 Å². The zero-order valence-electron chi connectivity index (χ0n) is 13.6. The van der Waals surface area contributed by atoms with Crippen LogP contribution in [0.5, 0.6) is 0 Å². The van der Waals surface area contributed by atoms with Gasteiger partial charge in [0.15, 0.2) is 0 Å².